The summed E-state index contributed by atoms with van der Waals surface area (Å²) in [4.78, 5) is 12.5. The van der Waals surface area contributed by atoms with E-state index in [0.717, 1.165) is 5.56 Å². The van der Waals surface area contributed by atoms with E-state index in [9.17, 15) is 9.36 Å². The van der Waals surface area contributed by atoms with E-state index in [-0.39, 0.29) is 12.2 Å². The summed E-state index contributed by atoms with van der Waals surface area (Å²) in [6, 6.07) is 18.1. The van der Waals surface area contributed by atoms with Gasteiger partial charge in [-0.05, 0) is 5.56 Å². The van der Waals surface area contributed by atoms with Crippen LogP contribution in [-0.4, -0.2) is 20.0 Å². The summed E-state index contributed by atoms with van der Waals surface area (Å²) in [6.07, 6.45) is 0.0625. The second kappa shape index (κ2) is 7.50. The molecule has 2 aromatic rings. The first-order valence-electron chi connectivity index (χ1n) is 6.95. The zero-order valence-corrected chi connectivity index (χ0v) is 13.5. The number of Topliss-reactive ketones (excluding diaryl/α,β-unsaturated/α-hetero) is 1. The molecule has 0 saturated carbocycles. The SMILES string of the molecule is COP(=O)(OC)C(CC(=O)c1ccccc1)c1ccccc1. The third-order valence-electron chi connectivity index (χ3n) is 3.55. The average molecular weight is 318 g/mol. The third kappa shape index (κ3) is 3.72. The van der Waals surface area contributed by atoms with Gasteiger partial charge in [0.15, 0.2) is 5.78 Å². The van der Waals surface area contributed by atoms with Gasteiger partial charge in [0.05, 0.1) is 5.66 Å². The summed E-state index contributed by atoms with van der Waals surface area (Å²) in [5.74, 6) is -0.0937. The summed E-state index contributed by atoms with van der Waals surface area (Å²) < 4.78 is 23.1. The molecule has 2 aromatic carbocycles. The fourth-order valence-corrected chi connectivity index (χ4v) is 3.92. The molecule has 116 valence electrons. The van der Waals surface area contributed by atoms with E-state index >= 15 is 0 Å². The smallest absolute Gasteiger partial charge is 0.312 e. The summed E-state index contributed by atoms with van der Waals surface area (Å²) in [5, 5.41) is 0. The molecule has 0 fully saturated rings. The number of rotatable bonds is 7. The molecule has 0 amide bonds. The van der Waals surface area contributed by atoms with Gasteiger partial charge in [-0.25, -0.2) is 0 Å². The van der Waals surface area contributed by atoms with Gasteiger partial charge in [0.2, 0.25) is 0 Å². The van der Waals surface area contributed by atoms with Crippen LogP contribution in [-0.2, 0) is 13.6 Å². The summed E-state index contributed by atoms with van der Waals surface area (Å²) in [6.45, 7) is 0. The molecule has 22 heavy (non-hydrogen) atoms. The number of benzene rings is 2. The van der Waals surface area contributed by atoms with E-state index in [1.54, 1.807) is 24.3 Å². The van der Waals surface area contributed by atoms with Crippen molar-refractivity contribution in [3.8, 4) is 0 Å². The van der Waals surface area contributed by atoms with Crippen molar-refractivity contribution in [3.05, 3.63) is 71.8 Å². The molecule has 4 nitrogen and oxygen atoms in total. The molecule has 0 spiro atoms. The van der Waals surface area contributed by atoms with Crippen molar-refractivity contribution in [2.45, 2.75) is 12.1 Å². The minimum absolute atomic E-state index is 0.0625. The Hall–Kier alpha value is -1.74. The largest absolute Gasteiger partial charge is 0.337 e. The molecule has 1 atom stereocenters. The van der Waals surface area contributed by atoms with Gasteiger partial charge >= 0.3 is 7.60 Å². The lowest BCUT2D eigenvalue weighted by molar-refractivity contribution is 0.0976. The van der Waals surface area contributed by atoms with Crippen molar-refractivity contribution < 1.29 is 18.4 Å². The summed E-state index contributed by atoms with van der Waals surface area (Å²) in [7, 11) is -0.727. The highest BCUT2D eigenvalue weighted by Crippen LogP contribution is 2.61. The number of hydrogen-bond acceptors (Lipinski definition) is 4. The zero-order chi connectivity index (χ0) is 16.0. The zero-order valence-electron chi connectivity index (χ0n) is 12.6. The lowest BCUT2D eigenvalue weighted by Gasteiger charge is -2.24. The highest BCUT2D eigenvalue weighted by atomic mass is 31.2. The fraction of sp³-hybridized carbons (Fsp3) is 0.235. The number of carbonyl (C=O) groups is 1. The Bertz CT molecular complexity index is 647. The van der Waals surface area contributed by atoms with Crippen LogP contribution in [0.5, 0.6) is 0 Å². The van der Waals surface area contributed by atoms with Crippen LogP contribution in [0.3, 0.4) is 0 Å². The minimum Gasteiger partial charge on any atom is -0.312 e. The quantitative estimate of drug-likeness (QED) is 0.557. The second-order valence-electron chi connectivity index (χ2n) is 4.82. The predicted octanol–water partition coefficient (Wildman–Crippen LogP) is 4.49. The van der Waals surface area contributed by atoms with Crippen molar-refractivity contribution in [3.63, 3.8) is 0 Å². The van der Waals surface area contributed by atoms with Crippen LogP contribution in [0.1, 0.15) is 28.0 Å². The molecule has 0 heterocycles. The van der Waals surface area contributed by atoms with Crippen LogP contribution in [0.15, 0.2) is 60.7 Å². The predicted molar refractivity (Wildman–Crippen MR) is 86.2 cm³/mol. The van der Waals surface area contributed by atoms with Crippen LogP contribution in [0.2, 0.25) is 0 Å². The van der Waals surface area contributed by atoms with E-state index in [0.29, 0.717) is 5.56 Å². The molecule has 0 bridgehead atoms. The molecule has 0 saturated heterocycles. The van der Waals surface area contributed by atoms with Gasteiger partial charge in [0.1, 0.15) is 0 Å². The van der Waals surface area contributed by atoms with Crippen molar-refractivity contribution in [2.75, 3.05) is 14.2 Å². The molecule has 2 rings (SSSR count). The standard InChI is InChI=1S/C17H19O4P/c1-20-22(19,21-2)17(15-11-7-4-8-12-15)13-16(18)14-9-5-3-6-10-14/h3-12,17H,13H2,1-2H3. The van der Waals surface area contributed by atoms with Gasteiger partial charge in [-0.3, -0.25) is 9.36 Å². The van der Waals surface area contributed by atoms with Gasteiger partial charge in [-0.15, -0.1) is 0 Å². The van der Waals surface area contributed by atoms with E-state index < -0.39 is 13.3 Å². The van der Waals surface area contributed by atoms with Gasteiger partial charge < -0.3 is 9.05 Å². The van der Waals surface area contributed by atoms with E-state index in [4.69, 9.17) is 9.05 Å². The van der Waals surface area contributed by atoms with Gasteiger partial charge in [0, 0.05) is 26.2 Å². The highest BCUT2D eigenvalue weighted by molar-refractivity contribution is 7.54. The van der Waals surface area contributed by atoms with Gasteiger partial charge in [-0.1, -0.05) is 60.7 Å². The first-order valence-corrected chi connectivity index (χ1v) is 8.56. The van der Waals surface area contributed by atoms with Gasteiger partial charge in [0.25, 0.3) is 0 Å². The lowest BCUT2D eigenvalue weighted by Crippen LogP contribution is -2.10. The molecular formula is C17H19O4P. The van der Waals surface area contributed by atoms with E-state index in [1.165, 1.54) is 14.2 Å². The topological polar surface area (TPSA) is 52.6 Å². The molecule has 0 radical (unpaired) electrons. The number of ketones is 1. The Morgan fingerprint density at radius 3 is 1.95 bits per heavy atom. The Kier molecular flexibility index (Phi) is 5.67. The normalized spacial score (nSPS) is 12.8. The Balaban J connectivity index is 2.34. The van der Waals surface area contributed by atoms with Crippen LogP contribution < -0.4 is 0 Å². The third-order valence-corrected chi connectivity index (χ3v) is 5.81. The molecular weight excluding hydrogens is 299 g/mol. The van der Waals surface area contributed by atoms with Crippen molar-refractivity contribution in [1.29, 1.82) is 0 Å². The van der Waals surface area contributed by atoms with Crippen molar-refractivity contribution >= 4 is 13.4 Å². The lowest BCUT2D eigenvalue weighted by atomic mass is 10.0. The Morgan fingerprint density at radius 2 is 1.45 bits per heavy atom. The van der Waals surface area contributed by atoms with E-state index in [2.05, 4.69) is 0 Å². The second-order valence-corrected chi connectivity index (χ2v) is 7.26. The van der Waals surface area contributed by atoms with Crippen molar-refractivity contribution in [1.82, 2.24) is 0 Å². The fourth-order valence-electron chi connectivity index (χ4n) is 2.33. The van der Waals surface area contributed by atoms with Crippen LogP contribution >= 0.6 is 7.60 Å². The van der Waals surface area contributed by atoms with Gasteiger partial charge in [-0.2, -0.15) is 0 Å². The first kappa shape index (κ1) is 16.6. The highest BCUT2D eigenvalue weighted by Gasteiger charge is 2.37. The molecule has 5 heteroatoms. The van der Waals surface area contributed by atoms with Crippen molar-refractivity contribution in [2.24, 2.45) is 0 Å². The molecule has 1 unspecified atom stereocenters. The monoisotopic (exact) mass is 318 g/mol. The Labute approximate surface area is 130 Å². The minimum atomic E-state index is -3.41. The average Bonchev–Trinajstić information content (AvgIpc) is 2.60. The molecule has 0 aliphatic heterocycles. The molecule has 0 aliphatic carbocycles. The summed E-state index contributed by atoms with van der Waals surface area (Å²) >= 11 is 0. The maximum Gasteiger partial charge on any atom is 0.337 e. The molecule has 0 aliphatic rings. The van der Waals surface area contributed by atoms with Crippen LogP contribution in [0.25, 0.3) is 0 Å². The molecule has 0 N–H and O–H groups in total. The summed E-state index contributed by atoms with van der Waals surface area (Å²) in [5.41, 5.74) is 0.720. The first-order chi connectivity index (χ1) is 10.6. The number of hydrogen-bond donors (Lipinski definition) is 0. The molecule has 0 aromatic heterocycles. The maximum absolute atomic E-state index is 12.8. The van der Waals surface area contributed by atoms with Crippen LogP contribution in [0.4, 0.5) is 0 Å². The number of carbonyl (C=O) groups excluding carboxylic acids is 1. The van der Waals surface area contributed by atoms with E-state index in [1.807, 2.05) is 36.4 Å². The van der Waals surface area contributed by atoms with Crippen LogP contribution in [0, 0.1) is 0 Å². The maximum atomic E-state index is 12.8. The Morgan fingerprint density at radius 1 is 0.955 bits per heavy atom.